The summed E-state index contributed by atoms with van der Waals surface area (Å²) in [7, 11) is -1.31. The average Bonchev–Trinajstić information content (AvgIpc) is 3.21. The summed E-state index contributed by atoms with van der Waals surface area (Å²) in [5, 5.41) is 0. The second-order valence-corrected chi connectivity index (χ2v) is 17.6. The van der Waals surface area contributed by atoms with Crippen molar-refractivity contribution in [2.75, 3.05) is 0 Å². The summed E-state index contributed by atoms with van der Waals surface area (Å²) < 4.78 is 0. The first kappa shape index (κ1) is 20.5. The summed E-state index contributed by atoms with van der Waals surface area (Å²) in [6, 6.07) is 0. The van der Waals surface area contributed by atoms with E-state index in [4.69, 9.17) is 0 Å². The highest BCUT2D eigenvalue weighted by atomic mass is 28.3. The van der Waals surface area contributed by atoms with Crippen molar-refractivity contribution in [2.45, 2.75) is 116 Å². The first-order valence-electron chi connectivity index (χ1n) is 12.8. The maximum atomic E-state index is 2.90. The molecule has 0 spiro atoms. The summed E-state index contributed by atoms with van der Waals surface area (Å²) in [6.45, 7) is 16.1. The number of fused-ring (bicyclic) bond motifs is 2. The molecule has 4 aliphatic carbocycles. The Hall–Kier alpha value is 0.217. The van der Waals surface area contributed by atoms with Gasteiger partial charge in [-0.05, 0) is 71.3 Å². The minimum absolute atomic E-state index is 0.911. The standard InChI is InChI=1S/C26H48Si/c1-17(2)23-15-19-11-7-9-13-21(19)25(23)27(5,6)26-22-14-10-8-12-20(22)16-24(26)18(3)4/h17-26H,7-16H2,1-6H3. The predicted molar refractivity (Wildman–Crippen MR) is 122 cm³/mol. The fraction of sp³-hybridized carbons (Fsp3) is 1.00. The lowest BCUT2D eigenvalue weighted by Gasteiger charge is -2.49. The summed E-state index contributed by atoms with van der Waals surface area (Å²) in [4.78, 5) is 0. The molecule has 0 saturated heterocycles. The molecule has 0 radical (unpaired) electrons. The zero-order valence-electron chi connectivity index (χ0n) is 19.3. The molecule has 0 aliphatic heterocycles. The molecule has 27 heavy (non-hydrogen) atoms. The number of hydrogen-bond donors (Lipinski definition) is 0. The number of hydrogen-bond acceptors (Lipinski definition) is 0. The van der Waals surface area contributed by atoms with Crippen molar-refractivity contribution < 1.29 is 0 Å². The fourth-order valence-corrected chi connectivity index (χ4v) is 16.2. The van der Waals surface area contributed by atoms with Gasteiger partial charge in [0.1, 0.15) is 0 Å². The van der Waals surface area contributed by atoms with Crippen LogP contribution < -0.4 is 0 Å². The first-order valence-corrected chi connectivity index (χ1v) is 16.0. The van der Waals surface area contributed by atoms with Crippen molar-refractivity contribution in [2.24, 2.45) is 47.3 Å². The van der Waals surface area contributed by atoms with Crippen LogP contribution in [0.1, 0.15) is 91.9 Å². The highest BCUT2D eigenvalue weighted by molar-refractivity contribution is 6.80. The molecule has 0 heterocycles. The first-order chi connectivity index (χ1) is 12.8. The third kappa shape index (κ3) is 3.51. The Morgan fingerprint density at radius 1 is 0.593 bits per heavy atom. The zero-order chi connectivity index (χ0) is 19.3. The predicted octanol–water partition coefficient (Wildman–Crippen LogP) is 8.40. The lowest BCUT2D eigenvalue weighted by molar-refractivity contribution is 0.260. The molecule has 0 nitrogen and oxygen atoms in total. The molecule has 0 bridgehead atoms. The van der Waals surface area contributed by atoms with E-state index in [9.17, 15) is 0 Å². The van der Waals surface area contributed by atoms with Gasteiger partial charge >= 0.3 is 0 Å². The third-order valence-corrected chi connectivity index (χ3v) is 15.5. The van der Waals surface area contributed by atoms with Crippen molar-refractivity contribution >= 4 is 8.07 Å². The summed E-state index contributed by atoms with van der Waals surface area (Å²) in [5.41, 5.74) is 2.27. The van der Waals surface area contributed by atoms with Crippen LogP contribution in [0.25, 0.3) is 0 Å². The largest absolute Gasteiger partial charge is 0.0689 e. The Labute approximate surface area is 171 Å². The van der Waals surface area contributed by atoms with Crippen molar-refractivity contribution in [3.63, 3.8) is 0 Å². The molecule has 8 unspecified atom stereocenters. The van der Waals surface area contributed by atoms with Gasteiger partial charge in [-0.15, -0.1) is 0 Å². The third-order valence-electron chi connectivity index (χ3n) is 10.4. The topological polar surface area (TPSA) is 0 Å². The minimum atomic E-state index is -1.31. The molecule has 4 fully saturated rings. The summed E-state index contributed by atoms with van der Waals surface area (Å²) in [6.07, 6.45) is 15.6. The van der Waals surface area contributed by atoms with E-state index in [-0.39, 0.29) is 0 Å². The smallest absolute Gasteiger partial charge is 0.0547 e. The molecule has 0 N–H and O–H groups in total. The fourth-order valence-electron chi connectivity index (χ4n) is 9.43. The summed E-state index contributed by atoms with van der Waals surface area (Å²) >= 11 is 0. The quantitative estimate of drug-likeness (QED) is 0.424. The minimum Gasteiger partial charge on any atom is -0.0689 e. The van der Waals surface area contributed by atoms with Crippen LogP contribution in [0.4, 0.5) is 0 Å². The van der Waals surface area contributed by atoms with E-state index in [1.165, 1.54) is 25.7 Å². The van der Waals surface area contributed by atoms with Gasteiger partial charge in [0.25, 0.3) is 0 Å². The zero-order valence-corrected chi connectivity index (χ0v) is 20.3. The molecule has 8 atom stereocenters. The van der Waals surface area contributed by atoms with E-state index >= 15 is 0 Å². The van der Waals surface area contributed by atoms with Crippen LogP contribution in [-0.2, 0) is 0 Å². The van der Waals surface area contributed by atoms with Crippen molar-refractivity contribution in [3.8, 4) is 0 Å². The Kier molecular flexibility index (Phi) is 5.92. The van der Waals surface area contributed by atoms with E-state index in [0.717, 1.165) is 58.4 Å². The van der Waals surface area contributed by atoms with Crippen LogP contribution in [0, 0.1) is 47.3 Å². The van der Waals surface area contributed by atoms with Crippen LogP contribution in [-0.4, -0.2) is 8.07 Å². The molecule has 0 aromatic heterocycles. The van der Waals surface area contributed by atoms with Gasteiger partial charge in [-0.25, -0.2) is 0 Å². The maximum Gasteiger partial charge on any atom is 0.0547 e. The molecule has 4 aliphatic rings. The van der Waals surface area contributed by atoms with Gasteiger partial charge in [0, 0.05) is 0 Å². The Balaban J connectivity index is 1.68. The molecule has 4 rings (SSSR count). The van der Waals surface area contributed by atoms with Gasteiger partial charge in [-0.3, -0.25) is 0 Å². The van der Waals surface area contributed by atoms with Gasteiger partial charge in [0.2, 0.25) is 0 Å². The van der Waals surface area contributed by atoms with Crippen LogP contribution in [0.2, 0.25) is 24.2 Å². The van der Waals surface area contributed by atoms with Crippen molar-refractivity contribution in [1.82, 2.24) is 0 Å². The van der Waals surface area contributed by atoms with Gasteiger partial charge in [0.05, 0.1) is 8.07 Å². The molecule has 0 amide bonds. The lowest BCUT2D eigenvalue weighted by Crippen LogP contribution is -2.48. The van der Waals surface area contributed by atoms with E-state index < -0.39 is 8.07 Å². The monoisotopic (exact) mass is 388 g/mol. The maximum absolute atomic E-state index is 2.90. The lowest BCUT2D eigenvalue weighted by atomic mass is 9.81. The Morgan fingerprint density at radius 2 is 0.963 bits per heavy atom. The number of rotatable bonds is 4. The Bertz CT molecular complexity index is 458. The summed E-state index contributed by atoms with van der Waals surface area (Å²) in [5.74, 6) is 8.35. The molecule has 0 aromatic carbocycles. The van der Waals surface area contributed by atoms with Crippen LogP contribution in [0.15, 0.2) is 0 Å². The average molecular weight is 389 g/mol. The second kappa shape index (κ2) is 7.80. The molecule has 0 aromatic rings. The molecular weight excluding hydrogens is 340 g/mol. The SMILES string of the molecule is CC(C)C1CC2CCCCC2C1[Si](C)(C)C1C(C(C)C)CC2CCCCC21. The molecular formula is C26H48Si. The second-order valence-electron chi connectivity index (χ2n) is 12.6. The van der Waals surface area contributed by atoms with Gasteiger partial charge < -0.3 is 0 Å². The molecule has 1 heteroatoms. The van der Waals surface area contributed by atoms with E-state index in [1.807, 2.05) is 0 Å². The molecule has 4 saturated carbocycles. The van der Waals surface area contributed by atoms with Crippen LogP contribution in [0.3, 0.4) is 0 Å². The normalized spacial score (nSPS) is 45.3. The van der Waals surface area contributed by atoms with Crippen molar-refractivity contribution in [1.29, 1.82) is 0 Å². The van der Waals surface area contributed by atoms with Crippen LogP contribution in [0.5, 0.6) is 0 Å². The highest BCUT2D eigenvalue weighted by Gasteiger charge is 2.59. The van der Waals surface area contributed by atoms with E-state index in [0.29, 0.717) is 0 Å². The highest BCUT2D eigenvalue weighted by Crippen LogP contribution is 2.66. The van der Waals surface area contributed by atoms with Crippen molar-refractivity contribution in [3.05, 3.63) is 0 Å². The van der Waals surface area contributed by atoms with E-state index in [1.54, 1.807) is 38.5 Å². The van der Waals surface area contributed by atoms with Crippen LogP contribution >= 0.6 is 0 Å². The van der Waals surface area contributed by atoms with Gasteiger partial charge in [-0.1, -0.05) is 92.2 Å². The Morgan fingerprint density at radius 3 is 1.33 bits per heavy atom. The van der Waals surface area contributed by atoms with Gasteiger partial charge in [0.15, 0.2) is 0 Å². The van der Waals surface area contributed by atoms with Gasteiger partial charge in [-0.2, -0.15) is 0 Å². The van der Waals surface area contributed by atoms with E-state index in [2.05, 4.69) is 40.8 Å². The molecule has 156 valence electrons.